The van der Waals surface area contributed by atoms with E-state index in [4.69, 9.17) is 14.2 Å². The topological polar surface area (TPSA) is 123 Å². The molecule has 2 fully saturated rings. The number of aliphatic hydroxyl groups is 3. The van der Waals surface area contributed by atoms with Crippen LogP contribution in [0.1, 0.15) is 78.1 Å². The Balaban J connectivity index is 1.85. The van der Waals surface area contributed by atoms with E-state index < -0.39 is 54.7 Å². The number of hydrogen-bond acceptors (Lipinski definition) is 8. The first kappa shape index (κ1) is 24.1. The maximum atomic E-state index is 12.5. The lowest BCUT2D eigenvalue weighted by molar-refractivity contribution is -0.339. The summed E-state index contributed by atoms with van der Waals surface area (Å²) < 4.78 is 16.4. The lowest BCUT2D eigenvalue weighted by atomic mass is 9.83. The van der Waals surface area contributed by atoms with E-state index in [1.807, 2.05) is 0 Å². The monoisotopic (exact) mass is 416 g/mol. The fourth-order valence-corrected chi connectivity index (χ4v) is 3.98. The molecule has 0 radical (unpaired) electrons. The largest absolute Gasteiger partial charge is 0.452 e. The Kier molecular flexibility index (Phi) is 9.33. The van der Waals surface area contributed by atoms with Crippen LogP contribution in [0.4, 0.5) is 0 Å². The molecule has 8 nitrogen and oxygen atoms in total. The molecule has 2 heterocycles. The van der Waals surface area contributed by atoms with Crippen LogP contribution in [0.5, 0.6) is 0 Å². The Morgan fingerprint density at radius 2 is 1.83 bits per heavy atom. The molecular weight excluding hydrogens is 380 g/mol. The molecule has 0 aromatic heterocycles. The Bertz CT molecular complexity index is 539. The molecule has 0 aliphatic carbocycles. The van der Waals surface area contributed by atoms with Gasteiger partial charge in [-0.2, -0.15) is 0 Å². The summed E-state index contributed by atoms with van der Waals surface area (Å²) in [6.45, 7) is 3.25. The third kappa shape index (κ3) is 6.13. The molecule has 2 saturated heterocycles. The fourth-order valence-electron chi connectivity index (χ4n) is 3.98. The van der Waals surface area contributed by atoms with Gasteiger partial charge in [-0.1, -0.05) is 58.8 Å². The highest BCUT2D eigenvalue weighted by Gasteiger charge is 2.61. The van der Waals surface area contributed by atoms with Gasteiger partial charge < -0.3 is 29.5 Å². The van der Waals surface area contributed by atoms with E-state index in [-0.39, 0.29) is 12.8 Å². The van der Waals surface area contributed by atoms with Crippen molar-refractivity contribution in [2.24, 2.45) is 5.92 Å². The Morgan fingerprint density at radius 1 is 1.21 bits per heavy atom. The molecule has 8 heteroatoms. The first-order chi connectivity index (χ1) is 13.8. The molecule has 0 saturated carbocycles. The van der Waals surface area contributed by atoms with Gasteiger partial charge in [0.25, 0.3) is 0 Å². The van der Waals surface area contributed by atoms with Crippen LogP contribution in [0.3, 0.4) is 0 Å². The molecule has 2 aliphatic rings. The van der Waals surface area contributed by atoms with Crippen molar-refractivity contribution in [3.63, 3.8) is 0 Å². The predicted octanol–water partition coefficient (Wildman–Crippen LogP) is 1.82. The van der Waals surface area contributed by atoms with Crippen molar-refractivity contribution >= 4 is 11.9 Å². The number of esters is 2. The summed E-state index contributed by atoms with van der Waals surface area (Å²) in [6.07, 6.45) is 4.32. The SMILES string of the molecule is CCCCCCCCCCC(=O)O[C@@]12C[C@H](O)[C@@H](C)[C@@H](O1)[C@@H]([C@H](O)CO)OC2=O. The smallest absolute Gasteiger partial charge is 0.380 e. The van der Waals surface area contributed by atoms with Crippen LogP contribution < -0.4 is 0 Å². The fraction of sp³-hybridized carbons (Fsp3) is 0.905. The minimum absolute atomic E-state index is 0.159. The Hall–Kier alpha value is -1.22. The van der Waals surface area contributed by atoms with E-state index in [2.05, 4.69) is 6.92 Å². The van der Waals surface area contributed by atoms with Crippen LogP contribution in [-0.2, 0) is 23.8 Å². The van der Waals surface area contributed by atoms with Gasteiger partial charge in [-0.3, -0.25) is 4.79 Å². The van der Waals surface area contributed by atoms with Gasteiger partial charge in [0, 0.05) is 12.3 Å². The van der Waals surface area contributed by atoms with Crippen molar-refractivity contribution in [1.82, 2.24) is 0 Å². The van der Waals surface area contributed by atoms with Gasteiger partial charge in [-0.25, -0.2) is 4.79 Å². The third-order valence-electron chi connectivity index (χ3n) is 5.89. The van der Waals surface area contributed by atoms with E-state index in [1.165, 1.54) is 25.7 Å². The number of unbranched alkanes of at least 4 members (excludes halogenated alkanes) is 7. The molecule has 0 aromatic carbocycles. The normalized spacial score (nSPS) is 32.5. The number of carbonyl (C=O) groups is 2. The number of fused-ring (bicyclic) bond motifs is 2. The molecule has 0 aromatic rings. The molecule has 2 aliphatic heterocycles. The second-order valence-electron chi connectivity index (χ2n) is 8.28. The van der Waals surface area contributed by atoms with Gasteiger partial charge in [0.2, 0.25) is 0 Å². The van der Waals surface area contributed by atoms with Crippen LogP contribution in [0, 0.1) is 5.92 Å². The number of aliphatic hydroxyl groups excluding tert-OH is 3. The van der Waals surface area contributed by atoms with Gasteiger partial charge in [0.1, 0.15) is 12.2 Å². The van der Waals surface area contributed by atoms with Crippen molar-refractivity contribution in [1.29, 1.82) is 0 Å². The molecule has 0 spiro atoms. The Morgan fingerprint density at radius 3 is 2.45 bits per heavy atom. The summed E-state index contributed by atoms with van der Waals surface area (Å²) in [7, 11) is 0. The highest BCUT2D eigenvalue weighted by atomic mass is 16.8. The second kappa shape index (κ2) is 11.2. The van der Waals surface area contributed by atoms with Crippen molar-refractivity contribution in [2.45, 2.75) is 108 Å². The van der Waals surface area contributed by atoms with E-state index in [0.717, 1.165) is 19.3 Å². The van der Waals surface area contributed by atoms with Gasteiger partial charge in [-0.15, -0.1) is 0 Å². The number of ether oxygens (including phenoxy) is 3. The van der Waals surface area contributed by atoms with Gasteiger partial charge in [0.15, 0.2) is 6.10 Å². The van der Waals surface area contributed by atoms with Gasteiger partial charge in [-0.05, 0) is 6.42 Å². The number of hydrogen-bond donors (Lipinski definition) is 3. The average Bonchev–Trinajstić information content (AvgIpc) is 2.69. The first-order valence-corrected chi connectivity index (χ1v) is 10.9. The number of rotatable bonds is 12. The summed E-state index contributed by atoms with van der Waals surface area (Å²) in [5.74, 6) is -3.98. The first-order valence-electron chi connectivity index (χ1n) is 10.9. The molecule has 0 amide bonds. The zero-order valence-electron chi connectivity index (χ0n) is 17.5. The minimum atomic E-state index is -1.99. The summed E-state index contributed by atoms with van der Waals surface area (Å²) in [5, 5.41) is 29.5. The van der Waals surface area contributed by atoms with Crippen LogP contribution in [0.25, 0.3) is 0 Å². The summed E-state index contributed by atoms with van der Waals surface area (Å²) >= 11 is 0. The van der Waals surface area contributed by atoms with Crippen molar-refractivity contribution in [3.05, 3.63) is 0 Å². The van der Waals surface area contributed by atoms with E-state index in [9.17, 15) is 24.9 Å². The van der Waals surface area contributed by atoms with Crippen LogP contribution in [-0.4, -0.2) is 64.1 Å². The van der Waals surface area contributed by atoms with Crippen LogP contribution in [0.15, 0.2) is 0 Å². The molecule has 2 bridgehead atoms. The van der Waals surface area contributed by atoms with Crippen molar-refractivity contribution < 1.29 is 39.1 Å². The standard InChI is InChI=1S/C21H36O8/c1-3-4-5-6-7-8-9-10-11-17(25)28-21-12-15(23)14(2)18(29-21)19(16(24)13-22)27-20(21)26/h14-16,18-19,22-24H,3-13H2,1-2H3/t14-,15+,16-,18-,19-,21+/m1/s1. The molecule has 3 N–H and O–H groups in total. The lowest BCUT2D eigenvalue weighted by Crippen LogP contribution is -2.67. The molecule has 29 heavy (non-hydrogen) atoms. The predicted molar refractivity (Wildman–Crippen MR) is 104 cm³/mol. The third-order valence-corrected chi connectivity index (χ3v) is 5.89. The van der Waals surface area contributed by atoms with Gasteiger partial charge >= 0.3 is 17.7 Å². The van der Waals surface area contributed by atoms with Crippen LogP contribution >= 0.6 is 0 Å². The second-order valence-corrected chi connectivity index (χ2v) is 8.28. The molecule has 168 valence electrons. The maximum absolute atomic E-state index is 12.5. The summed E-state index contributed by atoms with van der Waals surface area (Å²) in [4.78, 5) is 24.8. The zero-order chi connectivity index (χ0) is 21.4. The molecule has 6 atom stereocenters. The summed E-state index contributed by atoms with van der Waals surface area (Å²) in [6, 6.07) is 0. The minimum Gasteiger partial charge on any atom is -0.452 e. The van der Waals surface area contributed by atoms with E-state index in [1.54, 1.807) is 6.92 Å². The van der Waals surface area contributed by atoms with Crippen LogP contribution in [0.2, 0.25) is 0 Å². The molecule has 2 rings (SSSR count). The number of carbonyl (C=O) groups excluding carboxylic acids is 2. The van der Waals surface area contributed by atoms with Crippen molar-refractivity contribution in [2.75, 3.05) is 6.61 Å². The van der Waals surface area contributed by atoms with E-state index >= 15 is 0 Å². The summed E-state index contributed by atoms with van der Waals surface area (Å²) in [5.41, 5.74) is 0. The highest BCUT2D eigenvalue weighted by molar-refractivity contribution is 5.83. The zero-order valence-corrected chi connectivity index (χ0v) is 17.5. The molecular formula is C21H36O8. The maximum Gasteiger partial charge on any atom is 0.380 e. The quantitative estimate of drug-likeness (QED) is 0.325. The average molecular weight is 417 g/mol. The highest BCUT2D eigenvalue weighted by Crippen LogP contribution is 2.41. The lowest BCUT2D eigenvalue weighted by Gasteiger charge is -2.50. The number of cyclic esters (lactones) is 1. The Labute approximate surface area is 172 Å². The van der Waals surface area contributed by atoms with Crippen molar-refractivity contribution in [3.8, 4) is 0 Å². The van der Waals surface area contributed by atoms with Gasteiger partial charge in [0.05, 0.1) is 19.1 Å². The van der Waals surface area contributed by atoms with E-state index in [0.29, 0.717) is 6.42 Å². The molecule has 0 unspecified atom stereocenters.